The van der Waals surface area contributed by atoms with Gasteiger partial charge in [-0.25, -0.2) is 4.98 Å². The summed E-state index contributed by atoms with van der Waals surface area (Å²) in [5, 5.41) is 7.52. The number of aryl methyl sites for hydroxylation is 1. The van der Waals surface area contributed by atoms with Crippen LogP contribution in [0.1, 0.15) is 30.6 Å². The van der Waals surface area contributed by atoms with E-state index in [1.807, 2.05) is 19.9 Å². The van der Waals surface area contributed by atoms with E-state index in [1.165, 1.54) is 18.5 Å². The maximum absolute atomic E-state index is 12.4. The van der Waals surface area contributed by atoms with Crippen molar-refractivity contribution >= 4 is 23.4 Å². The Balaban J connectivity index is 1.83. The fraction of sp³-hybridized carbons (Fsp3) is 0.312. The molecule has 2 heterocycles. The Kier molecular flexibility index (Phi) is 4.85. The predicted molar refractivity (Wildman–Crippen MR) is 90.5 cm³/mol. The van der Waals surface area contributed by atoms with Gasteiger partial charge in [0.1, 0.15) is 12.1 Å². The average molecular weight is 367 g/mol. The second-order valence-electron chi connectivity index (χ2n) is 5.48. The van der Waals surface area contributed by atoms with Crippen LogP contribution in [0.15, 0.2) is 41.6 Å². The monoisotopic (exact) mass is 367 g/mol. The van der Waals surface area contributed by atoms with E-state index in [1.54, 1.807) is 16.6 Å². The largest absolute Gasteiger partial charge is 0.446 e. The van der Waals surface area contributed by atoms with Gasteiger partial charge in [0.15, 0.2) is 0 Å². The molecule has 1 aromatic carbocycles. The number of alkyl halides is 3. The Labute approximate surface area is 146 Å². The highest BCUT2D eigenvalue weighted by Crippen LogP contribution is 2.37. The molecule has 2 aromatic heterocycles. The van der Waals surface area contributed by atoms with Crippen LogP contribution in [0.2, 0.25) is 0 Å². The number of thioether (sulfide) groups is 1. The third kappa shape index (κ3) is 4.22. The molecule has 0 spiro atoms. The molecule has 132 valence electrons. The topological polar surface area (TPSA) is 55.1 Å². The van der Waals surface area contributed by atoms with E-state index in [0.29, 0.717) is 5.78 Å². The van der Waals surface area contributed by atoms with Crippen molar-refractivity contribution in [2.45, 2.75) is 36.7 Å². The lowest BCUT2D eigenvalue weighted by Gasteiger charge is -2.19. The second-order valence-corrected chi connectivity index (χ2v) is 6.62. The molecule has 5 nitrogen and oxygen atoms in total. The summed E-state index contributed by atoms with van der Waals surface area (Å²) in [4.78, 5) is 8.54. The number of halogens is 3. The van der Waals surface area contributed by atoms with Gasteiger partial charge in [-0.15, -0.1) is 0 Å². The molecule has 0 saturated heterocycles. The van der Waals surface area contributed by atoms with Crippen molar-refractivity contribution in [2.24, 2.45) is 0 Å². The first-order valence-corrected chi connectivity index (χ1v) is 8.47. The van der Waals surface area contributed by atoms with Crippen molar-refractivity contribution in [1.82, 2.24) is 19.6 Å². The van der Waals surface area contributed by atoms with Crippen molar-refractivity contribution < 1.29 is 13.2 Å². The number of hydrogen-bond acceptors (Lipinski definition) is 5. The van der Waals surface area contributed by atoms with E-state index in [2.05, 4.69) is 20.4 Å². The quantitative estimate of drug-likeness (QED) is 0.668. The van der Waals surface area contributed by atoms with Gasteiger partial charge in [-0.2, -0.15) is 27.8 Å². The molecule has 3 rings (SSSR count). The molecule has 25 heavy (non-hydrogen) atoms. The lowest BCUT2D eigenvalue weighted by atomic mass is 10.0. The highest BCUT2D eigenvalue weighted by atomic mass is 32.2. The molecule has 0 aliphatic rings. The van der Waals surface area contributed by atoms with E-state index in [-0.39, 0.29) is 22.7 Å². The van der Waals surface area contributed by atoms with Gasteiger partial charge in [-0.05, 0) is 42.8 Å². The number of fused-ring (bicyclic) bond motifs is 1. The average Bonchev–Trinajstić information content (AvgIpc) is 3.00. The molecule has 0 saturated carbocycles. The van der Waals surface area contributed by atoms with Gasteiger partial charge in [0, 0.05) is 16.7 Å². The van der Waals surface area contributed by atoms with Crippen LogP contribution in [0.25, 0.3) is 5.78 Å². The first-order valence-electron chi connectivity index (χ1n) is 7.65. The van der Waals surface area contributed by atoms with E-state index < -0.39 is 5.51 Å². The predicted octanol–water partition coefficient (Wildman–Crippen LogP) is 4.61. The van der Waals surface area contributed by atoms with Crippen molar-refractivity contribution in [2.75, 3.05) is 5.32 Å². The van der Waals surface area contributed by atoms with Gasteiger partial charge in [-0.3, -0.25) is 0 Å². The second kappa shape index (κ2) is 6.91. The highest BCUT2D eigenvalue weighted by molar-refractivity contribution is 8.00. The van der Waals surface area contributed by atoms with Crippen LogP contribution in [0.3, 0.4) is 0 Å². The zero-order valence-corrected chi connectivity index (χ0v) is 14.4. The van der Waals surface area contributed by atoms with Crippen molar-refractivity contribution in [1.29, 1.82) is 0 Å². The maximum Gasteiger partial charge on any atom is 0.446 e. The molecule has 1 N–H and O–H groups in total. The summed E-state index contributed by atoms with van der Waals surface area (Å²) in [6.45, 7) is 3.87. The number of nitrogens with zero attached hydrogens (tertiary/aromatic N) is 4. The zero-order valence-electron chi connectivity index (χ0n) is 13.6. The van der Waals surface area contributed by atoms with Crippen LogP contribution in [-0.4, -0.2) is 25.1 Å². The smallest absolute Gasteiger partial charge is 0.363 e. The van der Waals surface area contributed by atoms with E-state index in [0.717, 1.165) is 23.5 Å². The fourth-order valence-corrected chi connectivity index (χ4v) is 3.07. The zero-order chi connectivity index (χ0) is 18.0. The molecule has 9 heteroatoms. The van der Waals surface area contributed by atoms with Gasteiger partial charge in [0.05, 0.1) is 6.04 Å². The van der Waals surface area contributed by atoms with Gasteiger partial charge >= 0.3 is 5.51 Å². The van der Waals surface area contributed by atoms with Gasteiger partial charge in [0.25, 0.3) is 5.78 Å². The van der Waals surface area contributed by atoms with Crippen LogP contribution in [0.5, 0.6) is 0 Å². The molecule has 0 amide bonds. The Hall–Kier alpha value is -2.29. The molecule has 1 atom stereocenters. The van der Waals surface area contributed by atoms with Crippen LogP contribution >= 0.6 is 11.8 Å². The summed E-state index contributed by atoms with van der Waals surface area (Å²) >= 11 is -0.113. The minimum atomic E-state index is -4.28. The Morgan fingerprint density at radius 2 is 1.96 bits per heavy atom. The maximum atomic E-state index is 12.4. The number of anilines is 1. The van der Waals surface area contributed by atoms with Crippen LogP contribution in [0, 0.1) is 6.92 Å². The van der Waals surface area contributed by atoms with Crippen LogP contribution < -0.4 is 5.32 Å². The van der Waals surface area contributed by atoms with E-state index >= 15 is 0 Å². The summed E-state index contributed by atoms with van der Waals surface area (Å²) in [5.41, 5.74) is -2.58. The molecule has 0 bridgehead atoms. The molecule has 3 aromatic rings. The summed E-state index contributed by atoms with van der Waals surface area (Å²) < 4.78 is 38.9. The Morgan fingerprint density at radius 1 is 1.24 bits per heavy atom. The number of hydrogen-bond donors (Lipinski definition) is 1. The molecular formula is C16H16F3N5S. The highest BCUT2D eigenvalue weighted by Gasteiger charge is 2.29. The van der Waals surface area contributed by atoms with Crippen molar-refractivity contribution in [3.8, 4) is 0 Å². The molecule has 1 unspecified atom stereocenters. The van der Waals surface area contributed by atoms with Crippen LogP contribution in [0.4, 0.5) is 19.0 Å². The van der Waals surface area contributed by atoms with E-state index in [4.69, 9.17) is 0 Å². The number of rotatable bonds is 5. The first-order chi connectivity index (χ1) is 11.9. The Bertz CT molecular complexity index is 860. The van der Waals surface area contributed by atoms with Crippen LogP contribution in [-0.2, 0) is 0 Å². The van der Waals surface area contributed by atoms with Gasteiger partial charge in [-0.1, -0.05) is 19.1 Å². The van der Waals surface area contributed by atoms with Gasteiger partial charge in [0.2, 0.25) is 0 Å². The SMILES string of the molecule is CCC(Nc1cc(C)nc2ncnn12)c1ccc(SC(F)(F)F)cc1. The summed E-state index contributed by atoms with van der Waals surface area (Å²) in [6.07, 6.45) is 2.18. The third-order valence-corrected chi connectivity index (χ3v) is 4.37. The van der Waals surface area contributed by atoms with Crippen molar-refractivity contribution in [3.05, 3.63) is 47.9 Å². The minimum Gasteiger partial charge on any atom is -0.363 e. The molecule has 0 aliphatic heterocycles. The number of aromatic nitrogens is 4. The standard InChI is InChI=1S/C16H16F3N5S/c1-3-13(11-4-6-12(7-5-11)25-16(17,18)19)23-14-8-10(2)22-15-20-9-21-24(14)15/h4-9,13,23H,3H2,1-2H3. The lowest BCUT2D eigenvalue weighted by Crippen LogP contribution is -2.13. The number of nitrogens with one attached hydrogen (secondary N) is 1. The summed E-state index contributed by atoms with van der Waals surface area (Å²) in [6, 6.07) is 8.18. The normalized spacial score (nSPS) is 13.2. The fourth-order valence-electron chi connectivity index (χ4n) is 2.53. The summed E-state index contributed by atoms with van der Waals surface area (Å²) in [7, 11) is 0. The van der Waals surface area contributed by atoms with Crippen molar-refractivity contribution in [3.63, 3.8) is 0 Å². The third-order valence-electron chi connectivity index (χ3n) is 3.63. The summed E-state index contributed by atoms with van der Waals surface area (Å²) in [5.74, 6) is 1.23. The molecule has 0 fully saturated rings. The Morgan fingerprint density at radius 3 is 2.60 bits per heavy atom. The van der Waals surface area contributed by atoms with Gasteiger partial charge < -0.3 is 5.32 Å². The first kappa shape index (κ1) is 17.5. The minimum absolute atomic E-state index is 0.0702. The number of benzene rings is 1. The van der Waals surface area contributed by atoms with E-state index in [9.17, 15) is 13.2 Å². The molecule has 0 aliphatic carbocycles. The lowest BCUT2D eigenvalue weighted by molar-refractivity contribution is -0.0328. The molecule has 0 radical (unpaired) electrons. The molecular weight excluding hydrogens is 351 g/mol.